The number of anilines is 1. The lowest BCUT2D eigenvalue weighted by molar-refractivity contribution is 0.583. The number of nitrogens with one attached hydrogen (secondary N) is 1. The maximum absolute atomic E-state index is 4.67. The van der Waals surface area contributed by atoms with Crippen LogP contribution in [0.2, 0.25) is 0 Å². The molecule has 3 rings (SSSR count). The third-order valence-electron chi connectivity index (χ3n) is 4.44. The molecule has 1 aromatic rings. The second kappa shape index (κ2) is 6.13. The molecule has 0 spiro atoms. The first-order valence-electron chi connectivity index (χ1n) is 8.20. The van der Waals surface area contributed by atoms with Gasteiger partial charge < -0.3 is 10.2 Å². The van der Waals surface area contributed by atoms with Crippen LogP contribution in [0.4, 0.5) is 5.69 Å². The zero-order chi connectivity index (χ0) is 13.9. The number of hydrogen-bond donors (Lipinski definition) is 1. The van der Waals surface area contributed by atoms with Gasteiger partial charge in [0, 0.05) is 19.1 Å². The Morgan fingerprint density at radius 2 is 1.85 bits per heavy atom. The Balaban J connectivity index is 1.66. The minimum absolute atomic E-state index is 0.342. The summed E-state index contributed by atoms with van der Waals surface area (Å²) in [5.74, 6) is 1.88. The van der Waals surface area contributed by atoms with Gasteiger partial charge in [-0.15, -0.1) is 0 Å². The Morgan fingerprint density at radius 3 is 2.30 bits per heavy atom. The quantitative estimate of drug-likeness (QED) is 0.787. The highest BCUT2D eigenvalue weighted by Gasteiger charge is 2.29. The van der Waals surface area contributed by atoms with Crippen LogP contribution in [0.15, 0.2) is 18.3 Å². The van der Waals surface area contributed by atoms with Crippen LogP contribution in [-0.4, -0.2) is 24.6 Å². The second-order valence-corrected chi connectivity index (χ2v) is 6.51. The number of hydrogen-bond acceptors (Lipinski definition) is 3. The van der Waals surface area contributed by atoms with Crippen LogP contribution in [0.3, 0.4) is 0 Å². The van der Waals surface area contributed by atoms with Gasteiger partial charge in [0.25, 0.3) is 0 Å². The van der Waals surface area contributed by atoms with Crippen LogP contribution in [0.5, 0.6) is 0 Å². The summed E-state index contributed by atoms with van der Waals surface area (Å²) in [6.45, 7) is 7.77. The van der Waals surface area contributed by atoms with Crippen molar-refractivity contribution in [1.29, 1.82) is 0 Å². The predicted octanol–water partition coefficient (Wildman–Crippen LogP) is 3.38. The molecule has 110 valence electrons. The van der Waals surface area contributed by atoms with Crippen LogP contribution >= 0.6 is 0 Å². The van der Waals surface area contributed by atoms with Gasteiger partial charge in [0.1, 0.15) is 0 Å². The van der Waals surface area contributed by atoms with E-state index in [-0.39, 0.29) is 0 Å². The van der Waals surface area contributed by atoms with Gasteiger partial charge in [-0.1, -0.05) is 6.92 Å². The molecule has 2 fully saturated rings. The monoisotopic (exact) mass is 273 g/mol. The van der Waals surface area contributed by atoms with E-state index in [0.29, 0.717) is 6.04 Å². The van der Waals surface area contributed by atoms with Gasteiger partial charge in [-0.05, 0) is 63.1 Å². The number of aromatic nitrogens is 1. The summed E-state index contributed by atoms with van der Waals surface area (Å²) >= 11 is 0. The van der Waals surface area contributed by atoms with Gasteiger partial charge in [0.2, 0.25) is 0 Å². The first-order valence-corrected chi connectivity index (χ1v) is 8.20. The summed E-state index contributed by atoms with van der Waals surface area (Å²) in [6.07, 6.45) is 7.76. The van der Waals surface area contributed by atoms with Crippen LogP contribution < -0.4 is 10.2 Å². The first kappa shape index (κ1) is 13.9. The Morgan fingerprint density at radius 1 is 1.20 bits per heavy atom. The van der Waals surface area contributed by atoms with E-state index in [1.54, 1.807) is 0 Å². The van der Waals surface area contributed by atoms with Crippen molar-refractivity contribution in [1.82, 2.24) is 10.3 Å². The zero-order valence-corrected chi connectivity index (χ0v) is 12.8. The van der Waals surface area contributed by atoms with E-state index in [1.807, 2.05) is 0 Å². The molecule has 0 saturated heterocycles. The zero-order valence-electron chi connectivity index (χ0n) is 12.8. The highest BCUT2D eigenvalue weighted by atomic mass is 15.1. The molecule has 0 amide bonds. The van der Waals surface area contributed by atoms with Crippen LogP contribution in [0.25, 0.3) is 0 Å². The van der Waals surface area contributed by atoms with Crippen LogP contribution in [-0.2, 0) is 0 Å². The van der Waals surface area contributed by atoms with Gasteiger partial charge >= 0.3 is 0 Å². The molecule has 0 aromatic carbocycles. The molecule has 2 aliphatic carbocycles. The van der Waals surface area contributed by atoms with E-state index in [0.717, 1.165) is 24.1 Å². The standard InChI is InChI=1S/C17H27N3/c1-3-18-13(2)17-9-8-16(10-19-17)20(11-14-4-5-14)12-15-6-7-15/h8-10,13-15,18H,3-7,11-12H2,1-2H3. The molecule has 3 heteroatoms. The molecule has 1 N–H and O–H groups in total. The smallest absolute Gasteiger partial charge is 0.0572 e. The summed E-state index contributed by atoms with van der Waals surface area (Å²) in [7, 11) is 0. The fourth-order valence-corrected chi connectivity index (χ4v) is 2.76. The van der Waals surface area contributed by atoms with Crippen molar-refractivity contribution in [2.24, 2.45) is 11.8 Å². The molecular formula is C17H27N3. The van der Waals surface area contributed by atoms with Crippen molar-refractivity contribution in [3.63, 3.8) is 0 Å². The minimum Gasteiger partial charge on any atom is -0.370 e. The van der Waals surface area contributed by atoms with Gasteiger partial charge in [0.05, 0.1) is 17.6 Å². The molecule has 20 heavy (non-hydrogen) atoms. The molecule has 0 bridgehead atoms. The molecule has 3 nitrogen and oxygen atoms in total. The predicted molar refractivity (Wildman–Crippen MR) is 84.0 cm³/mol. The van der Waals surface area contributed by atoms with E-state index in [9.17, 15) is 0 Å². The van der Waals surface area contributed by atoms with Gasteiger partial charge in [-0.2, -0.15) is 0 Å². The maximum Gasteiger partial charge on any atom is 0.0572 e. The average molecular weight is 273 g/mol. The molecule has 1 unspecified atom stereocenters. The van der Waals surface area contributed by atoms with Gasteiger partial charge in [-0.3, -0.25) is 4.98 Å². The highest BCUT2D eigenvalue weighted by molar-refractivity contribution is 5.45. The largest absolute Gasteiger partial charge is 0.370 e. The molecule has 2 saturated carbocycles. The number of pyridine rings is 1. The van der Waals surface area contributed by atoms with Crippen molar-refractivity contribution in [2.75, 3.05) is 24.5 Å². The minimum atomic E-state index is 0.342. The lowest BCUT2D eigenvalue weighted by Gasteiger charge is -2.25. The van der Waals surface area contributed by atoms with Gasteiger partial charge in [-0.25, -0.2) is 0 Å². The lowest BCUT2D eigenvalue weighted by Crippen LogP contribution is -2.28. The topological polar surface area (TPSA) is 28.2 Å². The highest BCUT2D eigenvalue weighted by Crippen LogP contribution is 2.35. The van der Waals surface area contributed by atoms with Crippen molar-refractivity contribution in [2.45, 2.75) is 45.6 Å². The summed E-state index contributed by atoms with van der Waals surface area (Å²) in [6, 6.07) is 4.80. The Hall–Kier alpha value is -1.09. The van der Waals surface area contributed by atoms with Crippen molar-refractivity contribution in [3.8, 4) is 0 Å². The van der Waals surface area contributed by atoms with E-state index in [4.69, 9.17) is 0 Å². The second-order valence-electron chi connectivity index (χ2n) is 6.51. The van der Waals surface area contributed by atoms with E-state index in [1.165, 1.54) is 44.5 Å². The lowest BCUT2D eigenvalue weighted by atomic mass is 10.2. The average Bonchev–Trinajstić information content (AvgIpc) is 3.34. The molecule has 0 radical (unpaired) electrons. The van der Waals surface area contributed by atoms with Gasteiger partial charge in [0.15, 0.2) is 0 Å². The number of nitrogens with zero attached hydrogens (tertiary/aromatic N) is 2. The third kappa shape index (κ3) is 3.72. The molecule has 1 aromatic heterocycles. The fourth-order valence-electron chi connectivity index (χ4n) is 2.76. The van der Waals surface area contributed by atoms with Crippen LogP contribution in [0, 0.1) is 11.8 Å². The SMILES string of the molecule is CCNC(C)c1ccc(N(CC2CC2)CC2CC2)cn1. The summed E-state index contributed by atoms with van der Waals surface area (Å²) < 4.78 is 0. The fraction of sp³-hybridized carbons (Fsp3) is 0.706. The summed E-state index contributed by atoms with van der Waals surface area (Å²) in [5.41, 5.74) is 2.46. The summed E-state index contributed by atoms with van der Waals surface area (Å²) in [4.78, 5) is 7.24. The normalized spacial score (nSPS) is 19.9. The molecule has 2 aliphatic rings. The molecule has 1 heterocycles. The Kier molecular flexibility index (Phi) is 4.25. The molecule has 1 atom stereocenters. The van der Waals surface area contributed by atoms with E-state index < -0.39 is 0 Å². The number of rotatable bonds is 8. The van der Waals surface area contributed by atoms with Crippen molar-refractivity contribution in [3.05, 3.63) is 24.0 Å². The first-order chi connectivity index (χ1) is 9.76. The van der Waals surface area contributed by atoms with Crippen LogP contribution in [0.1, 0.15) is 51.3 Å². The van der Waals surface area contributed by atoms with E-state index >= 15 is 0 Å². The summed E-state index contributed by atoms with van der Waals surface area (Å²) in [5, 5.41) is 3.42. The Bertz CT molecular complexity index is 406. The maximum atomic E-state index is 4.67. The van der Waals surface area contributed by atoms with Crippen molar-refractivity contribution >= 4 is 5.69 Å². The van der Waals surface area contributed by atoms with Crippen molar-refractivity contribution < 1.29 is 0 Å². The third-order valence-corrected chi connectivity index (χ3v) is 4.44. The Labute approximate surface area is 122 Å². The van der Waals surface area contributed by atoms with E-state index in [2.05, 4.69) is 47.4 Å². The molecular weight excluding hydrogens is 246 g/mol. The molecule has 0 aliphatic heterocycles.